The van der Waals surface area contributed by atoms with Crippen molar-refractivity contribution in [2.75, 3.05) is 0 Å². The molecule has 1 saturated heterocycles. The fourth-order valence-corrected chi connectivity index (χ4v) is 4.87. The molecule has 2 saturated carbocycles. The molecule has 0 aromatic heterocycles. The van der Waals surface area contributed by atoms with Gasteiger partial charge in [0.1, 0.15) is 12.2 Å². The van der Waals surface area contributed by atoms with Gasteiger partial charge in [0.15, 0.2) is 0 Å². The van der Waals surface area contributed by atoms with E-state index in [0.717, 1.165) is 0 Å². The molecule has 3 rings (SSSR count). The van der Waals surface area contributed by atoms with Crippen LogP contribution in [0.2, 0.25) is 0 Å². The first-order chi connectivity index (χ1) is 8.84. The Morgan fingerprint density at radius 1 is 0.667 bits per heavy atom. The van der Waals surface area contributed by atoms with E-state index in [1.807, 2.05) is 0 Å². The monoisotopic (exact) mass is 272 g/mol. The quantitative estimate of drug-likeness (QED) is 0.771. The van der Waals surface area contributed by atoms with Crippen LogP contribution in [0.5, 0.6) is 0 Å². The summed E-state index contributed by atoms with van der Waals surface area (Å²) in [6, 6.07) is 0. The Morgan fingerprint density at radius 3 is 1.44 bits per heavy atom. The molecule has 3 fully saturated rings. The van der Waals surface area contributed by atoms with Crippen molar-refractivity contribution in [3.8, 4) is 0 Å². The first-order valence-corrected chi connectivity index (χ1v) is 8.60. The highest BCUT2D eigenvalue weighted by molar-refractivity contribution is 7.75. The van der Waals surface area contributed by atoms with Gasteiger partial charge in [0.05, 0.1) is 0 Å². The third-order valence-electron chi connectivity index (χ3n) is 4.93. The summed E-state index contributed by atoms with van der Waals surface area (Å²) in [5.41, 5.74) is 0. The predicted molar refractivity (Wildman–Crippen MR) is 71.0 cm³/mol. The third kappa shape index (κ3) is 2.81. The maximum Gasteiger partial charge on any atom is 0.305 e. The lowest BCUT2D eigenvalue weighted by atomic mass is 9.77. The van der Waals surface area contributed by atoms with Crippen LogP contribution in [0.4, 0.5) is 0 Å². The minimum absolute atomic E-state index is 0.106. The maximum atomic E-state index is 11.6. The minimum Gasteiger partial charge on any atom is -0.262 e. The lowest BCUT2D eigenvalue weighted by molar-refractivity contribution is 0.0324. The molecule has 0 spiro atoms. The van der Waals surface area contributed by atoms with Gasteiger partial charge in [-0.3, -0.25) is 8.37 Å². The number of hydrogen-bond acceptors (Lipinski definition) is 3. The molecule has 0 bridgehead atoms. The largest absolute Gasteiger partial charge is 0.305 e. The first-order valence-electron chi connectivity index (χ1n) is 7.60. The van der Waals surface area contributed by atoms with E-state index in [2.05, 4.69) is 0 Å². The second kappa shape index (κ2) is 6.02. The van der Waals surface area contributed by atoms with Gasteiger partial charge >= 0.3 is 11.4 Å². The van der Waals surface area contributed by atoms with Gasteiger partial charge < -0.3 is 0 Å². The molecule has 104 valence electrons. The topological polar surface area (TPSA) is 35.5 Å². The van der Waals surface area contributed by atoms with Crippen molar-refractivity contribution in [2.24, 2.45) is 11.8 Å². The van der Waals surface area contributed by atoms with Crippen molar-refractivity contribution >= 4 is 11.4 Å². The van der Waals surface area contributed by atoms with Crippen molar-refractivity contribution in [1.29, 1.82) is 0 Å². The summed E-state index contributed by atoms with van der Waals surface area (Å²) in [7, 11) is 0. The van der Waals surface area contributed by atoms with Gasteiger partial charge in [0.2, 0.25) is 0 Å². The lowest BCUT2D eigenvalue weighted by Gasteiger charge is -2.33. The van der Waals surface area contributed by atoms with E-state index in [-0.39, 0.29) is 12.2 Å². The van der Waals surface area contributed by atoms with Crippen molar-refractivity contribution in [3.05, 3.63) is 0 Å². The van der Waals surface area contributed by atoms with Crippen LogP contribution in [0.25, 0.3) is 0 Å². The van der Waals surface area contributed by atoms with Crippen molar-refractivity contribution in [1.82, 2.24) is 0 Å². The third-order valence-corrected chi connectivity index (χ3v) is 5.69. The van der Waals surface area contributed by atoms with E-state index < -0.39 is 11.4 Å². The smallest absolute Gasteiger partial charge is 0.262 e. The molecule has 0 aromatic rings. The van der Waals surface area contributed by atoms with Crippen LogP contribution in [-0.4, -0.2) is 16.4 Å². The zero-order valence-electron chi connectivity index (χ0n) is 11.0. The molecule has 3 aliphatic rings. The molecule has 1 unspecified atom stereocenters. The van der Waals surface area contributed by atoms with E-state index in [0.29, 0.717) is 11.8 Å². The van der Waals surface area contributed by atoms with E-state index in [1.54, 1.807) is 0 Å². The molecular formula is C14H24O3S. The zero-order valence-corrected chi connectivity index (χ0v) is 11.8. The van der Waals surface area contributed by atoms with Gasteiger partial charge in [0.25, 0.3) is 0 Å². The number of hydrogen-bond donors (Lipinski definition) is 0. The summed E-state index contributed by atoms with van der Waals surface area (Å²) in [6.45, 7) is 0. The molecule has 3 atom stereocenters. The van der Waals surface area contributed by atoms with Gasteiger partial charge in [-0.2, -0.15) is 4.21 Å². The van der Waals surface area contributed by atoms with E-state index >= 15 is 0 Å². The van der Waals surface area contributed by atoms with Crippen LogP contribution in [0.15, 0.2) is 0 Å². The Kier molecular flexibility index (Phi) is 4.37. The van der Waals surface area contributed by atoms with Crippen molar-refractivity contribution < 1.29 is 12.6 Å². The normalized spacial score (nSPS) is 40.1. The SMILES string of the molecule is O=S1O[C@H](C2CCCCC2)[C@H](C2CCCCC2)O1. The van der Waals surface area contributed by atoms with E-state index in [1.165, 1.54) is 64.2 Å². The zero-order chi connectivity index (χ0) is 12.4. The van der Waals surface area contributed by atoms with Crippen molar-refractivity contribution in [2.45, 2.75) is 76.4 Å². The van der Waals surface area contributed by atoms with Crippen LogP contribution >= 0.6 is 0 Å². The molecule has 1 aliphatic heterocycles. The highest BCUT2D eigenvalue weighted by Crippen LogP contribution is 2.40. The van der Waals surface area contributed by atoms with Gasteiger partial charge in [-0.15, -0.1) is 0 Å². The summed E-state index contributed by atoms with van der Waals surface area (Å²) in [5, 5.41) is 0. The Bertz CT molecular complexity index is 267. The maximum absolute atomic E-state index is 11.6. The molecule has 0 amide bonds. The van der Waals surface area contributed by atoms with E-state index in [4.69, 9.17) is 8.37 Å². The Morgan fingerprint density at radius 2 is 1.06 bits per heavy atom. The van der Waals surface area contributed by atoms with E-state index in [9.17, 15) is 4.21 Å². The molecule has 0 N–H and O–H groups in total. The second-order valence-corrected chi connectivity index (χ2v) is 6.92. The molecule has 1 heterocycles. The summed E-state index contributed by atoms with van der Waals surface area (Å²) in [4.78, 5) is 0. The molecular weight excluding hydrogens is 248 g/mol. The summed E-state index contributed by atoms with van der Waals surface area (Å²) < 4.78 is 22.8. The fourth-order valence-electron chi connectivity index (χ4n) is 3.93. The van der Waals surface area contributed by atoms with Crippen LogP contribution < -0.4 is 0 Å². The lowest BCUT2D eigenvalue weighted by Crippen LogP contribution is -2.38. The molecule has 2 aliphatic carbocycles. The fraction of sp³-hybridized carbons (Fsp3) is 1.00. The molecule has 4 heteroatoms. The minimum atomic E-state index is -1.49. The Labute approximate surface area is 112 Å². The summed E-state index contributed by atoms with van der Waals surface area (Å²) in [6.07, 6.45) is 13.0. The first kappa shape index (κ1) is 13.1. The standard InChI is InChI=1S/C14H24O3S/c15-18-16-13(11-7-3-1-4-8-11)14(17-18)12-9-5-2-6-10-12/h11-14H,1-10H2/t13-,14+,18?. The second-order valence-electron chi connectivity index (χ2n) is 6.12. The van der Waals surface area contributed by atoms with Gasteiger partial charge in [-0.25, -0.2) is 0 Å². The molecule has 3 nitrogen and oxygen atoms in total. The Hall–Kier alpha value is 0.0700. The average Bonchev–Trinajstić information content (AvgIpc) is 2.83. The van der Waals surface area contributed by atoms with Crippen LogP contribution in [0, 0.1) is 11.8 Å². The van der Waals surface area contributed by atoms with Gasteiger partial charge in [-0.05, 0) is 37.5 Å². The molecule has 0 radical (unpaired) electrons. The summed E-state index contributed by atoms with van der Waals surface area (Å²) >= 11 is -1.49. The average molecular weight is 272 g/mol. The molecule has 0 aromatic carbocycles. The number of rotatable bonds is 2. The summed E-state index contributed by atoms with van der Waals surface area (Å²) in [5.74, 6) is 1.16. The van der Waals surface area contributed by atoms with Crippen LogP contribution in [0.1, 0.15) is 64.2 Å². The van der Waals surface area contributed by atoms with Crippen LogP contribution in [0.3, 0.4) is 0 Å². The van der Waals surface area contributed by atoms with Gasteiger partial charge in [-0.1, -0.05) is 38.5 Å². The Balaban J connectivity index is 1.67. The highest BCUT2D eigenvalue weighted by Gasteiger charge is 2.44. The van der Waals surface area contributed by atoms with Crippen molar-refractivity contribution in [3.63, 3.8) is 0 Å². The highest BCUT2D eigenvalue weighted by atomic mass is 32.2. The molecule has 18 heavy (non-hydrogen) atoms. The van der Waals surface area contributed by atoms with Crippen LogP contribution in [-0.2, 0) is 19.7 Å². The predicted octanol–water partition coefficient (Wildman–Crippen LogP) is 3.51. The van der Waals surface area contributed by atoms with Gasteiger partial charge in [0, 0.05) is 0 Å².